The summed E-state index contributed by atoms with van der Waals surface area (Å²) in [6.07, 6.45) is 0.704. The van der Waals surface area contributed by atoms with Gasteiger partial charge in [0.2, 0.25) is 0 Å². The lowest BCUT2D eigenvalue weighted by Crippen LogP contribution is -1.99. The highest BCUT2D eigenvalue weighted by atomic mass is 19.1. The van der Waals surface area contributed by atoms with Gasteiger partial charge in [-0.25, -0.2) is 4.39 Å². The average Bonchev–Trinajstić information content (AvgIpc) is 2.20. The van der Waals surface area contributed by atoms with E-state index in [0.29, 0.717) is 24.9 Å². The lowest BCUT2D eigenvalue weighted by Gasteiger charge is -2.05. The molecule has 0 radical (unpaired) electrons. The molecule has 0 saturated carbocycles. The normalized spacial score (nSPS) is 9.57. The van der Waals surface area contributed by atoms with Crippen LogP contribution in [0.3, 0.4) is 0 Å². The standard InChI is InChI=1S/C10H9FO3/c1-2-14-9-3-7(5-12)10(11)8(4-9)6-13/h3-6H,2H2,1H3. The number of benzene rings is 1. The number of hydrogen-bond donors (Lipinski definition) is 0. The van der Waals surface area contributed by atoms with Crippen LogP contribution in [0.1, 0.15) is 27.6 Å². The van der Waals surface area contributed by atoms with Crippen molar-refractivity contribution in [1.29, 1.82) is 0 Å². The predicted octanol–water partition coefficient (Wildman–Crippen LogP) is 1.85. The van der Waals surface area contributed by atoms with E-state index in [2.05, 4.69) is 0 Å². The number of aldehydes is 2. The van der Waals surface area contributed by atoms with Gasteiger partial charge in [-0.1, -0.05) is 0 Å². The van der Waals surface area contributed by atoms with Crippen LogP contribution in [0.15, 0.2) is 12.1 Å². The van der Waals surface area contributed by atoms with Gasteiger partial charge in [-0.2, -0.15) is 0 Å². The van der Waals surface area contributed by atoms with E-state index < -0.39 is 5.82 Å². The summed E-state index contributed by atoms with van der Waals surface area (Å²) in [6.45, 7) is 2.15. The molecule has 0 unspecified atom stereocenters. The number of rotatable bonds is 4. The third-order valence-corrected chi connectivity index (χ3v) is 1.67. The molecule has 0 amide bonds. The fourth-order valence-electron chi connectivity index (χ4n) is 1.06. The van der Waals surface area contributed by atoms with Gasteiger partial charge in [-0.3, -0.25) is 9.59 Å². The second-order valence-corrected chi connectivity index (χ2v) is 2.58. The third-order valence-electron chi connectivity index (χ3n) is 1.67. The summed E-state index contributed by atoms with van der Waals surface area (Å²) in [5, 5.41) is 0. The molecule has 4 heteroatoms. The number of ether oxygens (including phenoxy) is 1. The number of halogens is 1. The van der Waals surface area contributed by atoms with Crippen molar-refractivity contribution in [3.8, 4) is 5.75 Å². The molecule has 14 heavy (non-hydrogen) atoms. The fraction of sp³-hybridized carbons (Fsp3) is 0.200. The van der Waals surface area contributed by atoms with Crippen molar-refractivity contribution in [1.82, 2.24) is 0 Å². The molecule has 1 aromatic rings. The molecule has 0 bridgehead atoms. The maximum atomic E-state index is 13.2. The Balaban J connectivity index is 3.24. The SMILES string of the molecule is CCOc1cc(C=O)c(F)c(C=O)c1. The smallest absolute Gasteiger partial charge is 0.153 e. The Bertz CT molecular complexity index is 331. The second kappa shape index (κ2) is 4.50. The van der Waals surface area contributed by atoms with E-state index in [4.69, 9.17) is 4.74 Å². The van der Waals surface area contributed by atoms with Crippen LogP contribution in [0.4, 0.5) is 4.39 Å². The summed E-state index contributed by atoms with van der Waals surface area (Å²) < 4.78 is 18.2. The van der Waals surface area contributed by atoms with Gasteiger partial charge >= 0.3 is 0 Å². The van der Waals surface area contributed by atoms with Gasteiger partial charge in [0.05, 0.1) is 17.7 Å². The predicted molar refractivity (Wildman–Crippen MR) is 48.3 cm³/mol. The zero-order valence-corrected chi connectivity index (χ0v) is 7.62. The van der Waals surface area contributed by atoms with E-state index >= 15 is 0 Å². The summed E-state index contributed by atoms with van der Waals surface area (Å²) in [4.78, 5) is 20.9. The van der Waals surface area contributed by atoms with Crippen molar-refractivity contribution < 1.29 is 18.7 Å². The summed E-state index contributed by atoms with van der Waals surface area (Å²) in [7, 11) is 0. The summed E-state index contributed by atoms with van der Waals surface area (Å²) in [6, 6.07) is 2.53. The molecular formula is C10H9FO3. The summed E-state index contributed by atoms with van der Waals surface area (Å²) in [5.74, 6) is -0.489. The van der Waals surface area contributed by atoms with Crippen LogP contribution in [0.25, 0.3) is 0 Å². The first-order valence-corrected chi connectivity index (χ1v) is 4.09. The maximum Gasteiger partial charge on any atom is 0.153 e. The fourth-order valence-corrected chi connectivity index (χ4v) is 1.06. The van der Waals surface area contributed by atoms with E-state index in [1.807, 2.05) is 0 Å². The minimum atomic E-state index is -0.807. The Morgan fingerprint density at radius 2 is 1.79 bits per heavy atom. The van der Waals surface area contributed by atoms with E-state index in [1.54, 1.807) is 6.92 Å². The summed E-state index contributed by atoms with van der Waals surface area (Å²) in [5.41, 5.74) is -0.337. The first kappa shape index (κ1) is 10.4. The molecular weight excluding hydrogens is 187 g/mol. The van der Waals surface area contributed by atoms with E-state index in [-0.39, 0.29) is 11.1 Å². The van der Waals surface area contributed by atoms with Gasteiger partial charge in [0, 0.05) is 0 Å². The van der Waals surface area contributed by atoms with Crippen LogP contribution in [0.2, 0.25) is 0 Å². The Morgan fingerprint density at radius 1 is 1.29 bits per heavy atom. The highest BCUT2D eigenvalue weighted by molar-refractivity contribution is 5.83. The van der Waals surface area contributed by atoms with Crippen molar-refractivity contribution in [3.63, 3.8) is 0 Å². The van der Waals surface area contributed by atoms with Gasteiger partial charge in [0.1, 0.15) is 11.6 Å². The second-order valence-electron chi connectivity index (χ2n) is 2.58. The highest BCUT2D eigenvalue weighted by Crippen LogP contribution is 2.19. The van der Waals surface area contributed by atoms with Crippen LogP contribution in [-0.4, -0.2) is 19.2 Å². The van der Waals surface area contributed by atoms with Crippen molar-refractivity contribution in [2.75, 3.05) is 6.61 Å². The maximum absolute atomic E-state index is 13.2. The lowest BCUT2D eigenvalue weighted by atomic mass is 10.1. The molecule has 0 aliphatic heterocycles. The molecule has 1 rings (SSSR count). The number of carbonyl (C=O) groups excluding carboxylic acids is 2. The van der Waals surface area contributed by atoms with Crippen LogP contribution < -0.4 is 4.74 Å². The average molecular weight is 196 g/mol. The Kier molecular flexibility index (Phi) is 3.34. The first-order chi connectivity index (χ1) is 6.72. The quantitative estimate of drug-likeness (QED) is 0.690. The van der Waals surface area contributed by atoms with E-state index in [9.17, 15) is 14.0 Å². The van der Waals surface area contributed by atoms with Crippen molar-refractivity contribution >= 4 is 12.6 Å². The molecule has 74 valence electrons. The first-order valence-electron chi connectivity index (χ1n) is 4.09. The van der Waals surface area contributed by atoms with E-state index in [1.165, 1.54) is 12.1 Å². The van der Waals surface area contributed by atoms with Gasteiger partial charge in [0.15, 0.2) is 12.6 Å². The highest BCUT2D eigenvalue weighted by Gasteiger charge is 2.09. The van der Waals surface area contributed by atoms with Gasteiger partial charge in [-0.15, -0.1) is 0 Å². The Labute approximate surface area is 80.5 Å². The molecule has 1 aromatic carbocycles. The minimum Gasteiger partial charge on any atom is -0.494 e. The van der Waals surface area contributed by atoms with Crippen LogP contribution in [0.5, 0.6) is 5.75 Å². The number of hydrogen-bond acceptors (Lipinski definition) is 3. The third kappa shape index (κ3) is 1.96. The molecule has 0 spiro atoms. The topological polar surface area (TPSA) is 43.4 Å². The number of carbonyl (C=O) groups is 2. The monoisotopic (exact) mass is 196 g/mol. The largest absolute Gasteiger partial charge is 0.494 e. The molecule has 0 N–H and O–H groups in total. The Hall–Kier alpha value is -1.71. The molecule has 3 nitrogen and oxygen atoms in total. The molecule has 0 fully saturated rings. The van der Waals surface area contributed by atoms with Crippen molar-refractivity contribution in [2.24, 2.45) is 0 Å². The molecule has 0 saturated heterocycles. The van der Waals surface area contributed by atoms with Gasteiger partial charge < -0.3 is 4.74 Å². The van der Waals surface area contributed by atoms with Crippen LogP contribution >= 0.6 is 0 Å². The van der Waals surface area contributed by atoms with E-state index in [0.717, 1.165) is 0 Å². The Morgan fingerprint density at radius 3 is 2.14 bits per heavy atom. The molecule has 0 atom stereocenters. The lowest BCUT2D eigenvalue weighted by molar-refractivity contribution is 0.111. The minimum absolute atomic E-state index is 0.168. The molecule has 0 aromatic heterocycles. The van der Waals surface area contributed by atoms with Crippen molar-refractivity contribution in [2.45, 2.75) is 6.92 Å². The molecule has 0 heterocycles. The van der Waals surface area contributed by atoms with Crippen LogP contribution in [-0.2, 0) is 0 Å². The molecule has 0 aliphatic carbocycles. The zero-order chi connectivity index (χ0) is 10.6. The van der Waals surface area contributed by atoms with Gasteiger partial charge in [-0.05, 0) is 19.1 Å². The zero-order valence-electron chi connectivity index (χ0n) is 7.62. The summed E-state index contributed by atoms with van der Waals surface area (Å²) >= 11 is 0. The van der Waals surface area contributed by atoms with Gasteiger partial charge in [0.25, 0.3) is 0 Å². The van der Waals surface area contributed by atoms with Crippen LogP contribution in [0, 0.1) is 5.82 Å². The van der Waals surface area contributed by atoms with Crippen molar-refractivity contribution in [3.05, 3.63) is 29.1 Å². The molecule has 0 aliphatic rings.